The molecule has 0 radical (unpaired) electrons. The van der Waals surface area contributed by atoms with Crippen LogP contribution in [0.4, 0.5) is 8.78 Å². The van der Waals surface area contributed by atoms with Crippen molar-refractivity contribution in [2.45, 2.75) is 12.6 Å². The van der Waals surface area contributed by atoms with Gasteiger partial charge < -0.3 is 10.8 Å². The maximum Gasteiger partial charge on any atom is 0.248 e. The van der Waals surface area contributed by atoms with Gasteiger partial charge in [-0.05, 0) is 35.0 Å². The van der Waals surface area contributed by atoms with E-state index in [2.05, 4.69) is 15.4 Å². The van der Waals surface area contributed by atoms with Crippen molar-refractivity contribution in [2.24, 2.45) is 5.73 Å². The number of hydrogen-bond acceptors (Lipinski definition) is 5. The van der Waals surface area contributed by atoms with Gasteiger partial charge in [0.15, 0.2) is 11.6 Å². The Morgan fingerprint density at radius 1 is 1.16 bits per heavy atom. The Morgan fingerprint density at radius 2 is 1.88 bits per heavy atom. The molecular formula is C16H13F2N5O2. The van der Waals surface area contributed by atoms with Gasteiger partial charge in [-0.25, -0.2) is 8.78 Å². The van der Waals surface area contributed by atoms with Crippen molar-refractivity contribution in [3.63, 3.8) is 0 Å². The molecule has 128 valence electrons. The van der Waals surface area contributed by atoms with Crippen LogP contribution in [0.25, 0.3) is 11.4 Å². The van der Waals surface area contributed by atoms with Gasteiger partial charge in [0.25, 0.3) is 0 Å². The number of rotatable bonds is 5. The smallest absolute Gasteiger partial charge is 0.248 e. The summed E-state index contributed by atoms with van der Waals surface area (Å²) in [6.07, 6.45) is -1.13. The van der Waals surface area contributed by atoms with Gasteiger partial charge in [-0.15, -0.1) is 10.2 Å². The van der Waals surface area contributed by atoms with E-state index in [4.69, 9.17) is 5.73 Å². The molecule has 3 N–H and O–H groups in total. The lowest BCUT2D eigenvalue weighted by atomic mass is 10.1. The summed E-state index contributed by atoms with van der Waals surface area (Å²) in [5.74, 6) is -2.29. The van der Waals surface area contributed by atoms with Gasteiger partial charge in [0, 0.05) is 11.1 Å². The van der Waals surface area contributed by atoms with Crippen LogP contribution in [0.15, 0.2) is 42.5 Å². The van der Waals surface area contributed by atoms with Gasteiger partial charge >= 0.3 is 0 Å². The molecule has 1 heterocycles. The van der Waals surface area contributed by atoms with Gasteiger partial charge in [0.2, 0.25) is 11.7 Å². The number of primary amides is 1. The van der Waals surface area contributed by atoms with Crippen molar-refractivity contribution >= 4 is 5.91 Å². The minimum absolute atomic E-state index is 0.0859. The maximum absolute atomic E-state index is 13.2. The Hall–Kier alpha value is -3.20. The summed E-state index contributed by atoms with van der Waals surface area (Å²) in [6, 6.07) is 9.45. The molecule has 25 heavy (non-hydrogen) atoms. The van der Waals surface area contributed by atoms with E-state index in [9.17, 15) is 18.7 Å². The molecule has 1 atom stereocenters. The number of nitrogens with zero attached hydrogens (tertiary/aromatic N) is 4. The zero-order valence-electron chi connectivity index (χ0n) is 12.8. The maximum atomic E-state index is 13.2. The van der Waals surface area contributed by atoms with E-state index in [1.54, 1.807) is 12.1 Å². The van der Waals surface area contributed by atoms with Gasteiger partial charge in [-0.2, -0.15) is 4.80 Å². The van der Waals surface area contributed by atoms with Crippen molar-refractivity contribution in [2.75, 3.05) is 0 Å². The molecule has 0 aliphatic carbocycles. The number of amides is 1. The number of aromatic nitrogens is 4. The third-order valence-electron chi connectivity index (χ3n) is 3.55. The fraction of sp³-hybridized carbons (Fsp3) is 0.125. The minimum Gasteiger partial charge on any atom is -0.386 e. The first-order chi connectivity index (χ1) is 11.9. The quantitative estimate of drug-likeness (QED) is 0.728. The van der Waals surface area contributed by atoms with E-state index in [1.807, 2.05) is 0 Å². The molecule has 0 aliphatic heterocycles. The standard InChI is InChI=1S/C16H13F2N5O2/c17-12-6-5-11(7-13(12)18)14(24)8-23-21-16(20-22-23)10-3-1-9(2-4-10)15(19)25/h1-7,14,24H,8H2,(H2,19,25)/t14-/m1/s1. The summed E-state index contributed by atoms with van der Waals surface area (Å²) < 4.78 is 26.2. The van der Waals surface area contributed by atoms with Gasteiger partial charge in [0.1, 0.15) is 6.10 Å². The molecule has 0 aliphatic rings. The van der Waals surface area contributed by atoms with Crippen LogP contribution in [0, 0.1) is 11.6 Å². The lowest BCUT2D eigenvalue weighted by Gasteiger charge is -2.09. The molecule has 0 saturated heterocycles. The molecule has 9 heteroatoms. The Labute approximate surface area is 140 Å². The van der Waals surface area contributed by atoms with E-state index in [0.29, 0.717) is 11.1 Å². The van der Waals surface area contributed by atoms with Crippen LogP contribution < -0.4 is 5.73 Å². The highest BCUT2D eigenvalue weighted by Gasteiger charge is 2.14. The molecule has 2 aromatic carbocycles. The zero-order chi connectivity index (χ0) is 18.0. The molecule has 1 aromatic heterocycles. The van der Waals surface area contributed by atoms with E-state index in [1.165, 1.54) is 18.2 Å². The highest BCUT2D eigenvalue weighted by Crippen LogP contribution is 2.19. The number of nitrogens with two attached hydrogens (primary N) is 1. The van der Waals surface area contributed by atoms with Crippen molar-refractivity contribution in [3.8, 4) is 11.4 Å². The largest absolute Gasteiger partial charge is 0.386 e. The van der Waals surface area contributed by atoms with E-state index < -0.39 is 23.6 Å². The van der Waals surface area contributed by atoms with Gasteiger partial charge in [0.05, 0.1) is 6.54 Å². The Kier molecular flexibility index (Phi) is 4.48. The summed E-state index contributed by atoms with van der Waals surface area (Å²) in [7, 11) is 0. The molecular weight excluding hydrogens is 332 g/mol. The fourth-order valence-corrected chi connectivity index (χ4v) is 2.20. The van der Waals surface area contributed by atoms with Crippen LogP contribution in [0.5, 0.6) is 0 Å². The lowest BCUT2D eigenvalue weighted by molar-refractivity contribution is 0.1000. The van der Waals surface area contributed by atoms with Crippen LogP contribution in [-0.2, 0) is 6.54 Å². The summed E-state index contributed by atoms with van der Waals surface area (Å²) in [5.41, 5.74) is 6.33. The summed E-state index contributed by atoms with van der Waals surface area (Å²) in [5, 5.41) is 21.9. The van der Waals surface area contributed by atoms with Gasteiger partial charge in [-0.1, -0.05) is 18.2 Å². The van der Waals surface area contributed by atoms with Crippen LogP contribution in [0.2, 0.25) is 0 Å². The van der Waals surface area contributed by atoms with Crippen molar-refractivity contribution < 1.29 is 18.7 Å². The number of hydrogen-bond donors (Lipinski definition) is 2. The Bertz CT molecular complexity index is 911. The highest BCUT2D eigenvalue weighted by molar-refractivity contribution is 5.93. The van der Waals surface area contributed by atoms with Crippen LogP contribution >= 0.6 is 0 Å². The first-order valence-electron chi connectivity index (χ1n) is 7.25. The highest BCUT2D eigenvalue weighted by atomic mass is 19.2. The Balaban J connectivity index is 1.74. The Morgan fingerprint density at radius 3 is 2.52 bits per heavy atom. The third-order valence-corrected chi connectivity index (χ3v) is 3.55. The van der Waals surface area contributed by atoms with Gasteiger partial charge in [-0.3, -0.25) is 4.79 Å². The fourth-order valence-electron chi connectivity index (χ4n) is 2.20. The van der Waals surface area contributed by atoms with Crippen LogP contribution in [-0.4, -0.2) is 31.2 Å². The number of carbonyl (C=O) groups is 1. The zero-order valence-corrected chi connectivity index (χ0v) is 12.8. The number of halogens is 2. The molecule has 7 nitrogen and oxygen atoms in total. The van der Waals surface area contributed by atoms with Crippen LogP contribution in [0.1, 0.15) is 22.0 Å². The molecule has 0 bridgehead atoms. The second-order valence-corrected chi connectivity index (χ2v) is 5.30. The van der Waals surface area contributed by atoms with Crippen molar-refractivity contribution in [1.82, 2.24) is 20.2 Å². The van der Waals surface area contributed by atoms with Crippen LogP contribution in [0.3, 0.4) is 0 Å². The predicted molar refractivity (Wildman–Crippen MR) is 83.1 cm³/mol. The first kappa shape index (κ1) is 16.7. The number of carbonyl (C=O) groups excluding carboxylic acids is 1. The minimum atomic E-state index is -1.13. The topological polar surface area (TPSA) is 107 Å². The average molecular weight is 345 g/mol. The lowest BCUT2D eigenvalue weighted by Crippen LogP contribution is -2.12. The first-order valence-corrected chi connectivity index (χ1v) is 7.25. The molecule has 0 fully saturated rings. The predicted octanol–water partition coefficient (Wildman–Crippen LogP) is 1.45. The molecule has 1 amide bonds. The number of benzene rings is 2. The van der Waals surface area contributed by atoms with Crippen molar-refractivity contribution in [3.05, 3.63) is 65.2 Å². The number of aliphatic hydroxyl groups is 1. The van der Waals surface area contributed by atoms with Crippen molar-refractivity contribution in [1.29, 1.82) is 0 Å². The number of aliphatic hydroxyl groups excluding tert-OH is 1. The van der Waals surface area contributed by atoms with E-state index in [0.717, 1.165) is 16.9 Å². The molecule has 3 rings (SSSR count). The average Bonchev–Trinajstić information content (AvgIpc) is 3.05. The second kappa shape index (κ2) is 6.73. The third kappa shape index (κ3) is 3.66. The normalized spacial score (nSPS) is 12.1. The molecule has 0 spiro atoms. The SMILES string of the molecule is NC(=O)c1ccc(-c2nnn(C[C@@H](O)c3ccc(F)c(F)c3)n2)cc1. The molecule has 3 aromatic rings. The summed E-state index contributed by atoms with van der Waals surface area (Å²) >= 11 is 0. The summed E-state index contributed by atoms with van der Waals surface area (Å²) in [4.78, 5) is 12.2. The van der Waals surface area contributed by atoms with E-state index >= 15 is 0 Å². The summed E-state index contributed by atoms with van der Waals surface area (Å²) in [6.45, 7) is -0.0859. The van der Waals surface area contributed by atoms with E-state index in [-0.39, 0.29) is 17.9 Å². The monoisotopic (exact) mass is 345 g/mol. The molecule has 0 saturated carbocycles. The second-order valence-electron chi connectivity index (χ2n) is 5.30. The number of tetrazole rings is 1. The molecule has 0 unspecified atom stereocenters.